The Morgan fingerprint density at radius 2 is 1.76 bits per heavy atom. The topological polar surface area (TPSA) is 66.5 Å². The third kappa shape index (κ3) is 5.95. The lowest BCUT2D eigenvalue weighted by Crippen LogP contribution is -2.39. The first kappa shape index (κ1) is 19.1. The van der Waals surface area contributed by atoms with E-state index in [4.69, 9.17) is 0 Å². The third-order valence-electron chi connectivity index (χ3n) is 3.70. The van der Waals surface area contributed by atoms with E-state index in [1.54, 1.807) is 6.07 Å². The summed E-state index contributed by atoms with van der Waals surface area (Å²) in [5.74, 6) is -0.946. The summed E-state index contributed by atoms with van der Waals surface area (Å²) in [5, 5.41) is 2.68. The van der Waals surface area contributed by atoms with Gasteiger partial charge in [-0.3, -0.25) is 4.79 Å². The standard InChI is InChI=1S/C18H21FN2O3S/c1-14-7-9-15(10-8-14)11-20-18(22)13-21(25(2,23)24)12-16-5-3-4-6-17(16)19/h3-10H,11-13H2,1-2H3,(H,20,22). The van der Waals surface area contributed by atoms with E-state index in [9.17, 15) is 17.6 Å². The van der Waals surface area contributed by atoms with Crippen molar-refractivity contribution >= 4 is 15.9 Å². The van der Waals surface area contributed by atoms with Crippen LogP contribution in [-0.2, 0) is 27.9 Å². The minimum atomic E-state index is -3.66. The molecule has 0 aromatic heterocycles. The Balaban J connectivity index is 2.00. The normalized spacial score (nSPS) is 11.5. The molecule has 2 rings (SSSR count). The second-order valence-electron chi connectivity index (χ2n) is 5.88. The van der Waals surface area contributed by atoms with Crippen LogP contribution in [0.1, 0.15) is 16.7 Å². The number of rotatable bonds is 7. The Morgan fingerprint density at radius 1 is 1.12 bits per heavy atom. The van der Waals surface area contributed by atoms with Crippen LogP contribution in [0, 0.1) is 12.7 Å². The predicted molar refractivity (Wildman–Crippen MR) is 94.7 cm³/mol. The van der Waals surface area contributed by atoms with Gasteiger partial charge in [0.05, 0.1) is 12.8 Å². The lowest BCUT2D eigenvalue weighted by molar-refractivity contribution is -0.121. The van der Waals surface area contributed by atoms with Crippen LogP contribution in [0.2, 0.25) is 0 Å². The SMILES string of the molecule is Cc1ccc(CNC(=O)CN(Cc2ccccc2F)S(C)(=O)=O)cc1. The predicted octanol–water partition coefficient (Wildman–Crippen LogP) is 2.21. The number of carbonyl (C=O) groups is 1. The van der Waals surface area contributed by atoms with Gasteiger partial charge in [0.15, 0.2) is 0 Å². The Hall–Kier alpha value is -2.25. The summed E-state index contributed by atoms with van der Waals surface area (Å²) in [4.78, 5) is 12.1. The minimum Gasteiger partial charge on any atom is -0.351 e. The van der Waals surface area contributed by atoms with E-state index >= 15 is 0 Å². The van der Waals surface area contributed by atoms with Crippen molar-refractivity contribution in [1.29, 1.82) is 0 Å². The summed E-state index contributed by atoms with van der Waals surface area (Å²) in [6.07, 6.45) is 1.00. The van der Waals surface area contributed by atoms with Crippen molar-refractivity contribution in [2.45, 2.75) is 20.0 Å². The highest BCUT2D eigenvalue weighted by atomic mass is 32.2. The summed E-state index contributed by atoms with van der Waals surface area (Å²) in [5.41, 5.74) is 2.25. The summed E-state index contributed by atoms with van der Waals surface area (Å²) in [6, 6.07) is 13.6. The summed E-state index contributed by atoms with van der Waals surface area (Å²) in [6.45, 7) is 1.72. The number of aryl methyl sites for hydroxylation is 1. The summed E-state index contributed by atoms with van der Waals surface area (Å²) < 4.78 is 38.5. The molecular weight excluding hydrogens is 343 g/mol. The molecule has 0 bridgehead atoms. The highest BCUT2D eigenvalue weighted by molar-refractivity contribution is 7.88. The first-order chi connectivity index (χ1) is 11.8. The third-order valence-corrected chi connectivity index (χ3v) is 4.90. The smallest absolute Gasteiger partial charge is 0.235 e. The molecule has 0 aliphatic carbocycles. The first-order valence-corrected chi connectivity index (χ1v) is 9.61. The number of hydrogen-bond donors (Lipinski definition) is 1. The lowest BCUT2D eigenvalue weighted by atomic mass is 10.1. The summed E-state index contributed by atoms with van der Waals surface area (Å²) in [7, 11) is -3.66. The maximum absolute atomic E-state index is 13.8. The van der Waals surface area contributed by atoms with Crippen molar-refractivity contribution < 1.29 is 17.6 Å². The van der Waals surface area contributed by atoms with Crippen LogP contribution in [0.3, 0.4) is 0 Å². The van der Waals surface area contributed by atoms with Crippen molar-refractivity contribution in [2.24, 2.45) is 0 Å². The molecule has 0 heterocycles. The molecular formula is C18H21FN2O3S. The molecule has 0 saturated carbocycles. The van der Waals surface area contributed by atoms with Gasteiger partial charge in [-0.2, -0.15) is 4.31 Å². The number of amides is 1. The quantitative estimate of drug-likeness (QED) is 0.819. The average Bonchev–Trinajstić information content (AvgIpc) is 2.55. The molecule has 2 aromatic carbocycles. The Morgan fingerprint density at radius 3 is 2.36 bits per heavy atom. The number of hydrogen-bond acceptors (Lipinski definition) is 3. The highest BCUT2D eigenvalue weighted by Gasteiger charge is 2.21. The van der Waals surface area contributed by atoms with Gasteiger partial charge in [-0.1, -0.05) is 48.0 Å². The zero-order chi connectivity index (χ0) is 18.4. The molecule has 1 N–H and O–H groups in total. The van der Waals surface area contributed by atoms with Crippen LogP contribution in [0.15, 0.2) is 48.5 Å². The van der Waals surface area contributed by atoms with Gasteiger partial charge in [-0.25, -0.2) is 12.8 Å². The average molecular weight is 364 g/mol. The van der Waals surface area contributed by atoms with E-state index in [1.165, 1.54) is 18.2 Å². The molecule has 134 valence electrons. The van der Waals surface area contributed by atoms with Crippen molar-refractivity contribution in [3.05, 3.63) is 71.0 Å². The van der Waals surface area contributed by atoms with Gasteiger partial charge in [-0.05, 0) is 18.6 Å². The second kappa shape index (κ2) is 8.22. The van der Waals surface area contributed by atoms with E-state index in [0.717, 1.165) is 21.7 Å². The molecule has 0 fully saturated rings. The van der Waals surface area contributed by atoms with Crippen LogP contribution in [0.25, 0.3) is 0 Å². The monoisotopic (exact) mass is 364 g/mol. The maximum atomic E-state index is 13.8. The molecule has 0 radical (unpaired) electrons. The van der Waals surface area contributed by atoms with Crippen LogP contribution >= 0.6 is 0 Å². The maximum Gasteiger partial charge on any atom is 0.235 e. The van der Waals surface area contributed by atoms with Gasteiger partial charge in [0.1, 0.15) is 5.82 Å². The number of halogens is 1. The number of carbonyl (C=O) groups excluding carboxylic acids is 1. The Kier molecular flexibility index (Phi) is 6.27. The first-order valence-electron chi connectivity index (χ1n) is 7.76. The fourth-order valence-corrected chi connectivity index (χ4v) is 2.96. The van der Waals surface area contributed by atoms with Crippen LogP contribution in [0.4, 0.5) is 4.39 Å². The van der Waals surface area contributed by atoms with Gasteiger partial charge < -0.3 is 5.32 Å². The number of benzene rings is 2. The van der Waals surface area contributed by atoms with Crippen LogP contribution < -0.4 is 5.32 Å². The van der Waals surface area contributed by atoms with Crippen LogP contribution in [-0.4, -0.2) is 31.4 Å². The molecule has 0 aliphatic heterocycles. The minimum absolute atomic E-state index is 0.191. The molecule has 5 nitrogen and oxygen atoms in total. The molecule has 0 saturated heterocycles. The van der Waals surface area contributed by atoms with E-state index < -0.39 is 21.7 Å². The Labute approximate surface area is 147 Å². The van der Waals surface area contributed by atoms with Gasteiger partial charge in [0, 0.05) is 18.7 Å². The van der Waals surface area contributed by atoms with E-state index in [0.29, 0.717) is 6.54 Å². The number of sulfonamides is 1. The zero-order valence-electron chi connectivity index (χ0n) is 14.2. The van der Waals surface area contributed by atoms with Gasteiger partial charge in [-0.15, -0.1) is 0 Å². The van der Waals surface area contributed by atoms with Crippen molar-refractivity contribution in [1.82, 2.24) is 9.62 Å². The molecule has 25 heavy (non-hydrogen) atoms. The van der Waals surface area contributed by atoms with E-state index in [2.05, 4.69) is 5.32 Å². The number of nitrogens with zero attached hydrogens (tertiary/aromatic N) is 1. The fourth-order valence-electron chi connectivity index (χ4n) is 2.23. The molecule has 0 aliphatic rings. The molecule has 7 heteroatoms. The second-order valence-corrected chi connectivity index (χ2v) is 7.87. The Bertz CT molecular complexity index is 836. The number of nitrogens with one attached hydrogen (secondary N) is 1. The van der Waals surface area contributed by atoms with Gasteiger partial charge in [0.2, 0.25) is 15.9 Å². The van der Waals surface area contributed by atoms with Crippen LogP contribution in [0.5, 0.6) is 0 Å². The van der Waals surface area contributed by atoms with E-state index in [1.807, 2.05) is 31.2 Å². The van der Waals surface area contributed by atoms with Crippen molar-refractivity contribution in [2.75, 3.05) is 12.8 Å². The van der Waals surface area contributed by atoms with Gasteiger partial charge in [0.25, 0.3) is 0 Å². The molecule has 2 aromatic rings. The molecule has 0 spiro atoms. The fraction of sp³-hybridized carbons (Fsp3) is 0.278. The van der Waals surface area contributed by atoms with Crippen molar-refractivity contribution in [3.8, 4) is 0 Å². The molecule has 1 amide bonds. The van der Waals surface area contributed by atoms with Gasteiger partial charge >= 0.3 is 0 Å². The highest BCUT2D eigenvalue weighted by Crippen LogP contribution is 2.12. The molecule has 0 atom stereocenters. The molecule has 0 unspecified atom stereocenters. The zero-order valence-corrected chi connectivity index (χ0v) is 15.0. The summed E-state index contributed by atoms with van der Waals surface area (Å²) >= 11 is 0. The van der Waals surface area contributed by atoms with E-state index in [-0.39, 0.29) is 18.7 Å². The largest absolute Gasteiger partial charge is 0.351 e. The lowest BCUT2D eigenvalue weighted by Gasteiger charge is -2.20. The van der Waals surface area contributed by atoms with Crippen molar-refractivity contribution in [3.63, 3.8) is 0 Å².